The summed E-state index contributed by atoms with van der Waals surface area (Å²) in [5.41, 5.74) is 2.07. The van der Waals surface area contributed by atoms with Gasteiger partial charge < -0.3 is 29.8 Å². The SMILES string of the molecule is CCCCCCc1ccc(/C=C/c2ccnc(-c3cc(C(F)(F)F)n[n-]3)c2)s1.O=CO/C=C/c1cc(-c2cc(/C=C/OC=O)c(F)cn2)nc(-c2cc(/C=C/OC=O)c(F)cn2)c1.[N-]=C=S.[Ru+2]. The van der Waals surface area contributed by atoms with Crippen LogP contribution in [0, 0.1) is 11.6 Å². The Bertz CT molecular complexity index is 2630. The van der Waals surface area contributed by atoms with E-state index in [0.29, 0.717) is 11.3 Å². The number of aryl methyl sites for hydroxylation is 1. The van der Waals surface area contributed by atoms with Crippen molar-refractivity contribution in [3.8, 4) is 34.2 Å². The maximum absolute atomic E-state index is 14.1. The van der Waals surface area contributed by atoms with E-state index in [1.807, 2.05) is 12.2 Å². The predicted octanol–water partition coefficient (Wildman–Crippen LogP) is 11.0. The van der Waals surface area contributed by atoms with Gasteiger partial charge in [-0.3, -0.25) is 29.3 Å². The van der Waals surface area contributed by atoms with Gasteiger partial charge in [-0.25, -0.2) is 13.8 Å². The number of hydrogen-bond acceptors (Lipinski definition) is 13. The first-order valence-corrected chi connectivity index (χ1v) is 20.6. The molecule has 21 heteroatoms. The first kappa shape index (κ1) is 54.3. The van der Waals surface area contributed by atoms with Crippen molar-refractivity contribution in [2.24, 2.45) is 0 Å². The zero-order valence-electron chi connectivity index (χ0n) is 35.0. The largest absolute Gasteiger partial charge is 2.00 e. The van der Waals surface area contributed by atoms with Crippen LogP contribution in [0.5, 0.6) is 0 Å². The first-order chi connectivity index (χ1) is 31.9. The van der Waals surface area contributed by atoms with Crippen molar-refractivity contribution in [3.05, 3.63) is 147 Å². The van der Waals surface area contributed by atoms with Gasteiger partial charge >= 0.3 is 25.7 Å². The number of hydrogen-bond donors (Lipinski definition) is 0. The fourth-order valence-corrected chi connectivity index (χ4v) is 6.52. The molecule has 6 rings (SSSR count). The van der Waals surface area contributed by atoms with Crippen molar-refractivity contribution in [3.63, 3.8) is 0 Å². The van der Waals surface area contributed by atoms with Crippen LogP contribution >= 0.6 is 23.6 Å². The maximum Gasteiger partial charge on any atom is 2.00 e. The number of nitrogens with zero attached hydrogens (tertiary/aromatic N) is 7. The normalized spacial score (nSPS) is 11.0. The van der Waals surface area contributed by atoms with Gasteiger partial charge in [0.05, 0.1) is 54.0 Å². The average molecular weight is 1040 g/mol. The molecule has 0 atom stereocenters. The summed E-state index contributed by atoms with van der Waals surface area (Å²) in [6, 6.07) is 14.6. The Labute approximate surface area is 402 Å². The summed E-state index contributed by atoms with van der Waals surface area (Å²) in [7, 11) is 0. The molecule has 67 heavy (non-hydrogen) atoms. The molecule has 0 bridgehead atoms. The molecule has 0 radical (unpaired) electrons. The Kier molecular flexibility index (Phi) is 23.3. The standard InChI is InChI=1S/C24H15F2N3O6.C21H21F3N3S.CNS.Ru/c25-19-11-27-21(9-17(19)2-5-34-14-31)23-7-16(1-4-33-13-30)8-24(29-23)22-10-18(3-6-35-15-32)20(26)12-28-22;1-2-3-4-5-6-16-9-10-17(28-16)8-7-15-11-12-25-18(13-15)19-14-20(27-26-19)21(22,23)24;2-1-3;/h1-15H;7-14H,2-6H2,1H3;;/q;2*-1;+2/b4-1+,5-2+,6-3+;8-7+;;. The van der Waals surface area contributed by atoms with Gasteiger partial charge in [0.1, 0.15) is 17.3 Å². The molecule has 0 aliphatic rings. The van der Waals surface area contributed by atoms with E-state index in [1.54, 1.807) is 41.8 Å². The van der Waals surface area contributed by atoms with E-state index in [4.69, 9.17) is 5.41 Å². The van der Waals surface area contributed by atoms with Crippen LogP contribution in [-0.2, 0) is 60.7 Å². The van der Waals surface area contributed by atoms with E-state index in [2.05, 4.69) is 75.6 Å². The average Bonchev–Trinajstić information content (AvgIpc) is 4.01. The van der Waals surface area contributed by atoms with Crippen molar-refractivity contribution in [2.45, 2.75) is 45.2 Å². The van der Waals surface area contributed by atoms with Crippen LogP contribution in [-0.4, -0.2) is 49.6 Å². The van der Waals surface area contributed by atoms with Gasteiger partial charge in [-0.05, 0) is 103 Å². The summed E-state index contributed by atoms with van der Waals surface area (Å²) in [4.78, 5) is 50.4. The number of pyridine rings is 4. The summed E-state index contributed by atoms with van der Waals surface area (Å²) < 4.78 is 79.8. The van der Waals surface area contributed by atoms with Crippen LogP contribution in [0.4, 0.5) is 22.0 Å². The van der Waals surface area contributed by atoms with Crippen LogP contribution in [0.25, 0.3) is 70.0 Å². The second-order valence-corrected chi connectivity index (χ2v) is 14.5. The van der Waals surface area contributed by atoms with Crippen molar-refractivity contribution < 1.29 is 70.0 Å². The van der Waals surface area contributed by atoms with Gasteiger partial charge in [-0.15, -0.1) is 11.3 Å². The number of isothiocyanates is 1. The van der Waals surface area contributed by atoms with Gasteiger partial charge in [-0.2, -0.15) is 18.3 Å². The molecule has 0 aliphatic carbocycles. The number of alkyl halides is 3. The smallest absolute Gasteiger partial charge is 0.753 e. The minimum Gasteiger partial charge on any atom is -0.753 e. The third-order valence-electron chi connectivity index (χ3n) is 8.58. The molecule has 0 fully saturated rings. The van der Waals surface area contributed by atoms with Gasteiger partial charge in [-0.1, -0.05) is 50.2 Å². The van der Waals surface area contributed by atoms with Gasteiger partial charge in [0, 0.05) is 32.8 Å². The molecular weight excluding hydrogens is 1010 g/mol. The Balaban J connectivity index is 0.000000338. The van der Waals surface area contributed by atoms with E-state index < -0.39 is 23.5 Å². The number of thiocarbonyl (C=S) groups is 1. The fraction of sp³-hybridized carbons (Fsp3) is 0.152. The molecule has 0 saturated heterocycles. The molecule has 0 unspecified atom stereocenters. The molecule has 0 aromatic carbocycles. The quantitative estimate of drug-likeness (QED) is 0.0109. The molecule has 6 heterocycles. The number of carbonyl (C=O) groups is 3. The molecular formula is C46H36F5N7O6RuS2. The minimum atomic E-state index is -4.50. The van der Waals surface area contributed by atoms with Crippen LogP contribution in [0.15, 0.2) is 92.0 Å². The molecule has 0 aliphatic heterocycles. The Hall–Kier alpha value is -7.05. The van der Waals surface area contributed by atoms with E-state index in [-0.39, 0.29) is 78.5 Å². The molecule has 0 amide bonds. The molecule has 0 saturated carbocycles. The number of unbranched alkanes of at least 4 members (excludes halogenated alkanes) is 3. The van der Waals surface area contributed by atoms with E-state index in [1.165, 1.54) is 66.1 Å². The van der Waals surface area contributed by atoms with Crippen molar-refractivity contribution in [2.75, 3.05) is 0 Å². The summed E-state index contributed by atoms with van der Waals surface area (Å²) >= 11 is 5.47. The molecule has 0 spiro atoms. The van der Waals surface area contributed by atoms with E-state index in [0.717, 1.165) is 54.1 Å². The predicted molar refractivity (Wildman–Crippen MR) is 242 cm³/mol. The molecule has 6 aromatic heterocycles. The van der Waals surface area contributed by atoms with Crippen molar-refractivity contribution in [1.29, 1.82) is 0 Å². The van der Waals surface area contributed by atoms with Gasteiger partial charge in [0.25, 0.3) is 19.4 Å². The van der Waals surface area contributed by atoms with Crippen LogP contribution < -0.4 is 5.10 Å². The van der Waals surface area contributed by atoms with E-state index >= 15 is 0 Å². The topological polar surface area (TPSA) is 180 Å². The number of halogens is 5. The molecule has 0 N–H and O–H groups in total. The Morgan fingerprint density at radius 3 is 1.82 bits per heavy atom. The Morgan fingerprint density at radius 2 is 1.28 bits per heavy atom. The second kappa shape index (κ2) is 28.8. The van der Waals surface area contributed by atoms with Crippen LogP contribution in [0.1, 0.15) is 70.3 Å². The third kappa shape index (κ3) is 18.0. The van der Waals surface area contributed by atoms with Gasteiger partial charge in [0.15, 0.2) is 0 Å². The number of carbonyl (C=O) groups excluding carboxylic acids is 3. The zero-order chi connectivity index (χ0) is 47.7. The van der Waals surface area contributed by atoms with Gasteiger partial charge in [0.2, 0.25) is 0 Å². The summed E-state index contributed by atoms with van der Waals surface area (Å²) in [6.07, 6.45) is 16.1. The summed E-state index contributed by atoms with van der Waals surface area (Å²) in [6.45, 7) is 2.82. The monoisotopic (exact) mass is 1040 g/mol. The summed E-state index contributed by atoms with van der Waals surface area (Å²) in [5, 5.41) is 15.3. The van der Waals surface area contributed by atoms with Crippen molar-refractivity contribution in [1.82, 2.24) is 30.1 Å². The Morgan fingerprint density at radius 1 is 0.716 bits per heavy atom. The number of ether oxygens (including phenoxy) is 3. The van der Waals surface area contributed by atoms with E-state index in [9.17, 15) is 36.3 Å². The maximum atomic E-state index is 14.1. The fourth-order valence-electron chi connectivity index (χ4n) is 5.57. The third-order valence-corrected chi connectivity index (χ3v) is 9.69. The summed E-state index contributed by atoms with van der Waals surface area (Å²) in [5.74, 6) is -1.33. The number of thiophene rings is 1. The molecule has 346 valence electrons. The minimum absolute atomic E-state index is 0. The number of aromatic nitrogens is 6. The number of rotatable bonds is 19. The molecule has 13 nitrogen and oxygen atoms in total. The molecule has 6 aromatic rings. The van der Waals surface area contributed by atoms with Crippen LogP contribution in [0.3, 0.4) is 0 Å². The second-order valence-electron chi connectivity index (χ2n) is 13.1. The first-order valence-electron chi connectivity index (χ1n) is 19.4. The van der Waals surface area contributed by atoms with Crippen molar-refractivity contribution >= 4 is 78.5 Å². The zero-order valence-corrected chi connectivity index (χ0v) is 38.3. The van der Waals surface area contributed by atoms with Crippen LogP contribution in [0.2, 0.25) is 0 Å².